The van der Waals surface area contributed by atoms with Crippen LogP contribution in [0.5, 0.6) is 0 Å². The number of nitrogens with zero attached hydrogens (tertiary/aromatic N) is 5. The van der Waals surface area contributed by atoms with Gasteiger partial charge in [-0.05, 0) is 56.5 Å². The van der Waals surface area contributed by atoms with E-state index in [2.05, 4.69) is 15.2 Å². The summed E-state index contributed by atoms with van der Waals surface area (Å²) in [5.74, 6) is -0.315. The lowest BCUT2D eigenvalue weighted by molar-refractivity contribution is -0.00208. The number of halogens is 1. The van der Waals surface area contributed by atoms with E-state index in [9.17, 15) is 9.18 Å². The zero-order valence-corrected chi connectivity index (χ0v) is 17.2. The molecule has 0 N–H and O–H groups in total. The maximum Gasteiger partial charge on any atom is 0.276 e. The number of aromatic nitrogens is 3. The minimum absolute atomic E-state index is 0.0443. The summed E-state index contributed by atoms with van der Waals surface area (Å²) in [6.45, 7) is 4.68. The summed E-state index contributed by atoms with van der Waals surface area (Å²) in [7, 11) is 0. The van der Waals surface area contributed by atoms with Crippen LogP contribution in [0.1, 0.15) is 60.0 Å². The van der Waals surface area contributed by atoms with Gasteiger partial charge in [0.15, 0.2) is 5.69 Å². The van der Waals surface area contributed by atoms with Crippen molar-refractivity contribution >= 4 is 5.91 Å². The van der Waals surface area contributed by atoms with Crippen LogP contribution in [0.15, 0.2) is 24.3 Å². The van der Waals surface area contributed by atoms with Gasteiger partial charge in [0, 0.05) is 19.1 Å². The van der Waals surface area contributed by atoms with Crippen LogP contribution in [0.4, 0.5) is 4.39 Å². The van der Waals surface area contributed by atoms with Crippen LogP contribution >= 0.6 is 0 Å². The van der Waals surface area contributed by atoms with E-state index in [0.29, 0.717) is 18.3 Å². The first-order valence-electron chi connectivity index (χ1n) is 11.0. The molecular weight excluding hydrogens is 385 g/mol. The molecule has 2 saturated heterocycles. The van der Waals surface area contributed by atoms with Gasteiger partial charge in [-0.25, -0.2) is 9.07 Å². The average molecular weight is 413 g/mol. The monoisotopic (exact) mass is 413 g/mol. The van der Waals surface area contributed by atoms with Crippen molar-refractivity contribution in [1.29, 1.82) is 0 Å². The lowest BCUT2D eigenvalue weighted by atomic mass is 9.99. The molecule has 0 spiro atoms. The van der Waals surface area contributed by atoms with E-state index >= 15 is 0 Å². The van der Waals surface area contributed by atoms with Gasteiger partial charge in [-0.2, -0.15) is 0 Å². The SMILES string of the molecule is O=C(c1nnn2c1CO[C@@H](c1ccc(F)cc1)C2)N1CCC(N2CCCCC2)CC1. The van der Waals surface area contributed by atoms with Crippen molar-refractivity contribution in [2.45, 2.75) is 57.4 Å². The Hall–Kier alpha value is -2.32. The molecule has 1 aromatic carbocycles. The number of carbonyl (C=O) groups excluding carboxylic acids is 1. The van der Waals surface area contributed by atoms with Gasteiger partial charge in [0.25, 0.3) is 5.91 Å². The van der Waals surface area contributed by atoms with Gasteiger partial charge in [-0.1, -0.05) is 23.8 Å². The molecule has 0 unspecified atom stereocenters. The summed E-state index contributed by atoms with van der Waals surface area (Å²) >= 11 is 0. The lowest BCUT2D eigenvalue weighted by Crippen LogP contribution is -2.48. The van der Waals surface area contributed by atoms with Crippen LogP contribution in [-0.2, 0) is 17.9 Å². The summed E-state index contributed by atoms with van der Waals surface area (Å²) in [4.78, 5) is 17.6. The van der Waals surface area contributed by atoms with Crippen molar-refractivity contribution in [3.8, 4) is 0 Å². The Morgan fingerprint density at radius 2 is 1.77 bits per heavy atom. The fourth-order valence-corrected chi connectivity index (χ4v) is 4.92. The first-order valence-corrected chi connectivity index (χ1v) is 11.0. The van der Waals surface area contributed by atoms with Gasteiger partial charge in [0.2, 0.25) is 0 Å². The number of hydrogen-bond donors (Lipinski definition) is 0. The number of likely N-dealkylation sites (tertiary alicyclic amines) is 2. The maximum absolute atomic E-state index is 13.2. The number of hydrogen-bond acceptors (Lipinski definition) is 5. The highest BCUT2D eigenvalue weighted by atomic mass is 19.1. The number of carbonyl (C=O) groups is 1. The third kappa shape index (κ3) is 3.86. The number of fused-ring (bicyclic) bond motifs is 1. The molecule has 160 valence electrons. The molecule has 5 rings (SSSR count). The lowest BCUT2D eigenvalue weighted by Gasteiger charge is -2.40. The van der Waals surface area contributed by atoms with Crippen LogP contribution in [0.2, 0.25) is 0 Å². The molecule has 4 heterocycles. The molecule has 1 atom stereocenters. The van der Waals surface area contributed by atoms with Crippen LogP contribution in [0.25, 0.3) is 0 Å². The van der Waals surface area contributed by atoms with Gasteiger partial charge in [0.1, 0.15) is 11.9 Å². The molecule has 0 aliphatic carbocycles. The normalized spacial score (nSPS) is 23.4. The Morgan fingerprint density at radius 1 is 1.03 bits per heavy atom. The van der Waals surface area contributed by atoms with Crippen molar-refractivity contribution in [2.75, 3.05) is 26.2 Å². The smallest absolute Gasteiger partial charge is 0.276 e. The fourth-order valence-electron chi connectivity index (χ4n) is 4.92. The molecule has 8 heteroatoms. The Labute approximate surface area is 175 Å². The average Bonchev–Trinajstić information content (AvgIpc) is 3.23. The summed E-state index contributed by atoms with van der Waals surface area (Å²) in [6, 6.07) is 6.90. The second kappa shape index (κ2) is 8.43. The molecule has 1 amide bonds. The number of ether oxygens (including phenoxy) is 1. The minimum Gasteiger partial charge on any atom is -0.365 e. The highest BCUT2D eigenvalue weighted by Gasteiger charge is 2.33. The highest BCUT2D eigenvalue weighted by Crippen LogP contribution is 2.28. The number of rotatable bonds is 3. The largest absolute Gasteiger partial charge is 0.365 e. The van der Waals surface area contributed by atoms with E-state index in [1.807, 2.05) is 4.90 Å². The Morgan fingerprint density at radius 3 is 2.50 bits per heavy atom. The zero-order chi connectivity index (χ0) is 20.5. The molecule has 2 fully saturated rings. The van der Waals surface area contributed by atoms with Crippen LogP contribution in [0, 0.1) is 5.82 Å². The first-order chi connectivity index (χ1) is 14.7. The first kappa shape index (κ1) is 19.6. The second-order valence-electron chi connectivity index (χ2n) is 8.54. The van der Waals surface area contributed by atoms with E-state index in [4.69, 9.17) is 4.74 Å². The molecule has 30 heavy (non-hydrogen) atoms. The molecule has 0 radical (unpaired) electrons. The van der Waals surface area contributed by atoms with E-state index in [1.165, 1.54) is 44.5 Å². The zero-order valence-electron chi connectivity index (χ0n) is 17.2. The van der Waals surface area contributed by atoms with E-state index in [-0.39, 0.29) is 24.4 Å². The molecular formula is C22H28FN5O2. The van der Waals surface area contributed by atoms with Crippen molar-refractivity contribution in [3.63, 3.8) is 0 Å². The maximum atomic E-state index is 13.2. The Balaban J connectivity index is 1.22. The van der Waals surface area contributed by atoms with E-state index < -0.39 is 0 Å². The van der Waals surface area contributed by atoms with Gasteiger partial charge in [-0.3, -0.25) is 4.79 Å². The molecule has 0 bridgehead atoms. The summed E-state index contributed by atoms with van der Waals surface area (Å²) in [6.07, 6.45) is 5.77. The molecule has 3 aliphatic heterocycles. The van der Waals surface area contributed by atoms with Crippen molar-refractivity contribution < 1.29 is 13.9 Å². The Bertz CT molecular complexity index is 885. The van der Waals surface area contributed by atoms with Crippen LogP contribution < -0.4 is 0 Å². The standard InChI is InChI=1S/C22H28FN5O2/c23-17-6-4-16(5-7-17)20-14-28-19(15-30-20)21(24-25-28)22(29)27-12-8-18(9-13-27)26-10-2-1-3-11-26/h4-7,18,20H,1-3,8-15H2/t20-/m1/s1. The van der Waals surface area contributed by atoms with Gasteiger partial charge in [-0.15, -0.1) is 5.10 Å². The molecule has 0 saturated carbocycles. The second-order valence-corrected chi connectivity index (χ2v) is 8.54. The summed E-state index contributed by atoms with van der Waals surface area (Å²) < 4.78 is 20.9. The quantitative estimate of drug-likeness (QED) is 0.774. The fraction of sp³-hybridized carbons (Fsp3) is 0.591. The Kier molecular flexibility index (Phi) is 5.52. The number of piperidine rings is 2. The molecule has 3 aliphatic rings. The topological polar surface area (TPSA) is 63.5 Å². The predicted octanol–water partition coefficient (Wildman–Crippen LogP) is 2.78. The summed E-state index contributed by atoms with van der Waals surface area (Å²) in [5.41, 5.74) is 2.03. The van der Waals surface area contributed by atoms with Gasteiger partial charge < -0.3 is 14.5 Å². The number of amides is 1. The van der Waals surface area contributed by atoms with Crippen molar-refractivity contribution in [1.82, 2.24) is 24.8 Å². The van der Waals surface area contributed by atoms with Gasteiger partial charge in [0.05, 0.1) is 18.8 Å². The predicted molar refractivity (Wildman–Crippen MR) is 108 cm³/mol. The van der Waals surface area contributed by atoms with Crippen molar-refractivity contribution in [3.05, 3.63) is 47.0 Å². The minimum atomic E-state index is -0.270. The van der Waals surface area contributed by atoms with E-state index in [1.54, 1.807) is 16.8 Å². The third-order valence-corrected chi connectivity index (χ3v) is 6.70. The van der Waals surface area contributed by atoms with Crippen LogP contribution in [0.3, 0.4) is 0 Å². The van der Waals surface area contributed by atoms with Crippen LogP contribution in [-0.4, -0.2) is 62.9 Å². The van der Waals surface area contributed by atoms with Crippen molar-refractivity contribution in [2.24, 2.45) is 0 Å². The molecule has 1 aromatic heterocycles. The van der Waals surface area contributed by atoms with Gasteiger partial charge >= 0.3 is 0 Å². The number of benzene rings is 1. The summed E-state index contributed by atoms with van der Waals surface area (Å²) in [5, 5.41) is 8.41. The third-order valence-electron chi connectivity index (χ3n) is 6.70. The molecule has 2 aromatic rings. The molecule has 7 nitrogen and oxygen atoms in total. The van der Waals surface area contributed by atoms with E-state index in [0.717, 1.165) is 37.2 Å². The highest BCUT2D eigenvalue weighted by molar-refractivity contribution is 5.93.